The maximum atomic E-state index is 5.37. The van der Waals surface area contributed by atoms with Crippen LogP contribution in [0.3, 0.4) is 0 Å². The smallest absolute Gasteiger partial charge is 0.225 e. The number of anilines is 2. The lowest BCUT2D eigenvalue weighted by Gasteiger charge is -2.34. The molecule has 0 saturated carbocycles. The van der Waals surface area contributed by atoms with Crippen LogP contribution in [0, 0.1) is 6.92 Å². The van der Waals surface area contributed by atoms with Gasteiger partial charge in [0.15, 0.2) is 11.5 Å². The summed E-state index contributed by atoms with van der Waals surface area (Å²) >= 11 is 0. The molecule has 1 aromatic carbocycles. The number of aromatic nitrogens is 2. The first-order valence-corrected chi connectivity index (χ1v) is 9.40. The quantitative estimate of drug-likeness (QED) is 0.802. The number of likely N-dealkylation sites (N-methyl/N-ethyl adjacent to an activating group) is 1. The van der Waals surface area contributed by atoms with E-state index in [1.807, 2.05) is 25.1 Å². The number of methoxy groups -OCH3 is 2. The highest BCUT2D eigenvalue weighted by Crippen LogP contribution is 2.27. The van der Waals surface area contributed by atoms with Crippen molar-refractivity contribution in [2.75, 3.05) is 57.2 Å². The molecule has 3 rings (SSSR count). The highest BCUT2D eigenvalue weighted by atomic mass is 16.5. The second-order valence-corrected chi connectivity index (χ2v) is 6.66. The van der Waals surface area contributed by atoms with Gasteiger partial charge in [-0.15, -0.1) is 0 Å². The zero-order chi connectivity index (χ0) is 19.2. The number of piperazine rings is 1. The van der Waals surface area contributed by atoms with Crippen LogP contribution in [0.4, 0.5) is 11.8 Å². The van der Waals surface area contributed by atoms with Crippen molar-refractivity contribution in [3.8, 4) is 11.5 Å². The minimum absolute atomic E-state index is 0.618. The Hall–Kier alpha value is -2.54. The minimum Gasteiger partial charge on any atom is -0.493 e. The number of nitrogens with zero attached hydrogens (tertiary/aromatic N) is 4. The first-order chi connectivity index (χ1) is 13.1. The fourth-order valence-electron chi connectivity index (χ4n) is 3.26. The van der Waals surface area contributed by atoms with Crippen molar-refractivity contribution in [2.45, 2.75) is 20.4 Å². The SMILES string of the molecule is CCN1CCN(c2cc(C)nc(NCc3ccc(OC)c(OC)c3)n2)CC1. The molecule has 0 unspecified atom stereocenters. The lowest BCUT2D eigenvalue weighted by atomic mass is 10.2. The standard InChI is InChI=1S/C20H29N5O2/c1-5-24-8-10-25(11-9-24)19-12-15(2)22-20(23-19)21-14-16-6-7-17(26-3)18(13-16)27-4/h6-7,12-13H,5,8-11,14H2,1-4H3,(H,21,22,23). The van der Waals surface area contributed by atoms with Crippen molar-refractivity contribution < 1.29 is 9.47 Å². The van der Waals surface area contributed by atoms with Gasteiger partial charge in [0.05, 0.1) is 14.2 Å². The third kappa shape index (κ3) is 4.80. The Morgan fingerprint density at radius 2 is 1.74 bits per heavy atom. The van der Waals surface area contributed by atoms with E-state index in [-0.39, 0.29) is 0 Å². The molecule has 0 aliphatic carbocycles. The van der Waals surface area contributed by atoms with Crippen LogP contribution in [0.1, 0.15) is 18.2 Å². The van der Waals surface area contributed by atoms with Crippen LogP contribution >= 0.6 is 0 Å². The topological polar surface area (TPSA) is 62.8 Å². The summed E-state index contributed by atoms with van der Waals surface area (Å²) in [5.74, 6) is 3.09. The van der Waals surface area contributed by atoms with Crippen LogP contribution in [0.15, 0.2) is 24.3 Å². The van der Waals surface area contributed by atoms with Crippen molar-refractivity contribution in [1.82, 2.24) is 14.9 Å². The van der Waals surface area contributed by atoms with Crippen molar-refractivity contribution in [1.29, 1.82) is 0 Å². The van der Waals surface area contributed by atoms with Crippen LogP contribution in [-0.4, -0.2) is 61.8 Å². The fourth-order valence-corrected chi connectivity index (χ4v) is 3.26. The third-order valence-electron chi connectivity index (χ3n) is 4.88. The monoisotopic (exact) mass is 371 g/mol. The summed E-state index contributed by atoms with van der Waals surface area (Å²) in [7, 11) is 3.28. The molecule has 0 radical (unpaired) electrons. The maximum absolute atomic E-state index is 5.37. The lowest BCUT2D eigenvalue weighted by Crippen LogP contribution is -2.46. The minimum atomic E-state index is 0.618. The predicted octanol–water partition coefficient (Wildman–Crippen LogP) is 2.56. The molecular weight excluding hydrogens is 342 g/mol. The Morgan fingerprint density at radius 3 is 2.41 bits per heavy atom. The molecule has 1 N–H and O–H groups in total. The van der Waals surface area contributed by atoms with Gasteiger partial charge >= 0.3 is 0 Å². The van der Waals surface area contributed by atoms with Gasteiger partial charge in [-0.3, -0.25) is 0 Å². The molecule has 0 atom stereocenters. The van der Waals surface area contributed by atoms with Crippen LogP contribution in [-0.2, 0) is 6.54 Å². The molecule has 1 aliphatic heterocycles. The van der Waals surface area contributed by atoms with Crippen LogP contribution < -0.4 is 19.7 Å². The summed E-state index contributed by atoms with van der Waals surface area (Å²) in [5.41, 5.74) is 2.04. The van der Waals surface area contributed by atoms with E-state index in [2.05, 4.69) is 33.1 Å². The Labute approximate surface area is 161 Å². The number of nitrogens with one attached hydrogen (secondary N) is 1. The molecule has 146 valence electrons. The number of hydrogen-bond donors (Lipinski definition) is 1. The molecule has 27 heavy (non-hydrogen) atoms. The molecule has 0 bridgehead atoms. The van der Waals surface area contributed by atoms with Crippen LogP contribution in [0.2, 0.25) is 0 Å². The van der Waals surface area contributed by atoms with Gasteiger partial charge in [0.2, 0.25) is 5.95 Å². The molecule has 1 saturated heterocycles. The van der Waals surface area contributed by atoms with E-state index in [0.29, 0.717) is 12.5 Å². The number of benzene rings is 1. The molecule has 2 heterocycles. The highest BCUT2D eigenvalue weighted by Gasteiger charge is 2.17. The van der Waals surface area contributed by atoms with Gasteiger partial charge in [0.25, 0.3) is 0 Å². The van der Waals surface area contributed by atoms with Gasteiger partial charge in [-0.25, -0.2) is 4.98 Å². The molecule has 0 spiro atoms. The van der Waals surface area contributed by atoms with E-state index in [1.165, 1.54) is 0 Å². The second-order valence-electron chi connectivity index (χ2n) is 6.66. The number of aryl methyl sites for hydroxylation is 1. The third-order valence-corrected chi connectivity index (χ3v) is 4.88. The summed E-state index contributed by atoms with van der Waals surface area (Å²) in [6.45, 7) is 10.1. The zero-order valence-electron chi connectivity index (χ0n) is 16.7. The van der Waals surface area contributed by atoms with Gasteiger partial charge in [0.1, 0.15) is 5.82 Å². The Bertz CT molecular complexity index is 760. The van der Waals surface area contributed by atoms with Crippen LogP contribution in [0.5, 0.6) is 11.5 Å². The highest BCUT2D eigenvalue weighted by molar-refractivity contribution is 5.47. The second kappa shape index (κ2) is 8.90. The fraction of sp³-hybridized carbons (Fsp3) is 0.500. The van der Waals surface area contributed by atoms with Crippen molar-refractivity contribution in [3.63, 3.8) is 0 Å². The molecule has 1 aromatic heterocycles. The van der Waals surface area contributed by atoms with Gasteiger partial charge in [-0.05, 0) is 31.2 Å². The molecule has 0 amide bonds. The Balaban J connectivity index is 1.68. The van der Waals surface area contributed by atoms with Crippen molar-refractivity contribution >= 4 is 11.8 Å². The first kappa shape index (κ1) is 19.2. The normalized spacial score (nSPS) is 14.9. The summed E-state index contributed by atoms with van der Waals surface area (Å²) in [5, 5.41) is 3.33. The first-order valence-electron chi connectivity index (χ1n) is 9.40. The average molecular weight is 371 g/mol. The molecule has 7 heteroatoms. The summed E-state index contributed by atoms with van der Waals surface area (Å²) in [6.07, 6.45) is 0. The Morgan fingerprint density at radius 1 is 1.00 bits per heavy atom. The zero-order valence-corrected chi connectivity index (χ0v) is 16.7. The maximum Gasteiger partial charge on any atom is 0.225 e. The van der Waals surface area contributed by atoms with E-state index in [0.717, 1.165) is 61.3 Å². The lowest BCUT2D eigenvalue weighted by molar-refractivity contribution is 0.270. The van der Waals surface area contributed by atoms with Crippen molar-refractivity contribution in [2.24, 2.45) is 0 Å². The van der Waals surface area contributed by atoms with E-state index in [4.69, 9.17) is 14.5 Å². The number of rotatable bonds is 7. The van der Waals surface area contributed by atoms with E-state index >= 15 is 0 Å². The van der Waals surface area contributed by atoms with Gasteiger partial charge < -0.3 is 24.6 Å². The largest absolute Gasteiger partial charge is 0.493 e. The predicted molar refractivity (Wildman–Crippen MR) is 108 cm³/mol. The number of hydrogen-bond acceptors (Lipinski definition) is 7. The van der Waals surface area contributed by atoms with Gasteiger partial charge in [-0.1, -0.05) is 13.0 Å². The molecule has 1 fully saturated rings. The molecule has 1 aliphatic rings. The number of ether oxygens (including phenoxy) is 2. The van der Waals surface area contributed by atoms with Gasteiger partial charge in [-0.2, -0.15) is 4.98 Å². The van der Waals surface area contributed by atoms with E-state index in [9.17, 15) is 0 Å². The van der Waals surface area contributed by atoms with E-state index in [1.54, 1.807) is 14.2 Å². The molecular formula is C20H29N5O2. The molecule has 2 aromatic rings. The summed E-state index contributed by atoms with van der Waals surface area (Å²) in [6, 6.07) is 7.94. The van der Waals surface area contributed by atoms with Crippen molar-refractivity contribution in [3.05, 3.63) is 35.5 Å². The summed E-state index contributed by atoms with van der Waals surface area (Å²) < 4.78 is 10.7. The Kier molecular flexibility index (Phi) is 6.34. The molecule has 7 nitrogen and oxygen atoms in total. The summed E-state index contributed by atoms with van der Waals surface area (Å²) in [4.78, 5) is 14.1. The van der Waals surface area contributed by atoms with Crippen LogP contribution in [0.25, 0.3) is 0 Å². The van der Waals surface area contributed by atoms with E-state index < -0.39 is 0 Å². The average Bonchev–Trinajstić information content (AvgIpc) is 2.71. The van der Waals surface area contributed by atoms with Gasteiger partial charge in [0, 0.05) is 44.5 Å².